The molecule has 29 heavy (non-hydrogen) atoms. The molecular weight excluding hydrogens is 384 g/mol. The Hall–Kier alpha value is -2.87. The van der Waals surface area contributed by atoms with Gasteiger partial charge in [-0.2, -0.15) is 0 Å². The second-order valence-electron chi connectivity index (χ2n) is 6.93. The number of hydrogen-bond donors (Lipinski definition) is 2. The van der Waals surface area contributed by atoms with Gasteiger partial charge in [-0.05, 0) is 49.8 Å². The lowest BCUT2D eigenvalue weighted by atomic mass is 10.1. The molecule has 3 aromatic heterocycles. The van der Waals surface area contributed by atoms with Gasteiger partial charge in [0.2, 0.25) is 11.8 Å². The largest absolute Gasteiger partial charge is 0.481 e. The average molecular weight is 409 g/mol. The highest BCUT2D eigenvalue weighted by Gasteiger charge is 2.25. The first-order chi connectivity index (χ1) is 14.2. The molecule has 0 aliphatic heterocycles. The lowest BCUT2D eigenvalue weighted by Gasteiger charge is -2.15. The number of rotatable bonds is 7. The molecule has 8 heteroatoms. The molecule has 1 aliphatic rings. The Balaban J connectivity index is 1.34. The molecule has 1 aliphatic carbocycles. The van der Waals surface area contributed by atoms with Crippen molar-refractivity contribution in [3.8, 4) is 17.0 Å². The second kappa shape index (κ2) is 9.09. The fourth-order valence-corrected chi connectivity index (χ4v) is 3.86. The number of methoxy groups -OCH3 is 1. The monoisotopic (exact) mass is 408 g/mol. The fraction of sp³-hybridized carbons (Fsp3) is 0.333. The van der Waals surface area contributed by atoms with Crippen molar-refractivity contribution in [3.05, 3.63) is 49.1 Å². The van der Waals surface area contributed by atoms with Crippen LogP contribution in [-0.2, 0) is 0 Å². The molecular formula is C21H24N6OS. The zero-order valence-corrected chi connectivity index (χ0v) is 17.3. The number of nitrogens with one attached hydrogen (secondary N) is 2. The summed E-state index contributed by atoms with van der Waals surface area (Å²) < 4.78 is 5.34. The van der Waals surface area contributed by atoms with Crippen LogP contribution in [0.4, 0.5) is 11.8 Å². The third-order valence-corrected chi connectivity index (χ3v) is 5.70. The molecule has 1 saturated carbocycles. The molecule has 3 aromatic rings. The predicted octanol–water partition coefficient (Wildman–Crippen LogP) is 4.11. The van der Waals surface area contributed by atoms with Crippen molar-refractivity contribution in [1.82, 2.24) is 19.9 Å². The molecule has 3 heterocycles. The summed E-state index contributed by atoms with van der Waals surface area (Å²) in [5.41, 5.74) is 1.92. The van der Waals surface area contributed by atoms with Crippen LogP contribution < -0.4 is 15.4 Å². The highest BCUT2D eigenvalue weighted by molar-refractivity contribution is 7.98. The van der Waals surface area contributed by atoms with Crippen molar-refractivity contribution in [3.63, 3.8) is 0 Å². The van der Waals surface area contributed by atoms with Gasteiger partial charge in [-0.1, -0.05) is 0 Å². The molecule has 150 valence electrons. The Morgan fingerprint density at radius 3 is 2.45 bits per heavy atom. The van der Waals surface area contributed by atoms with Crippen molar-refractivity contribution >= 4 is 23.5 Å². The van der Waals surface area contributed by atoms with E-state index in [4.69, 9.17) is 4.74 Å². The molecule has 0 amide bonds. The minimum atomic E-state index is 0.367. The van der Waals surface area contributed by atoms with Gasteiger partial charge in [0.05, 0.1) is 7.11 Å². The van der Waals surface area contributed by atoms with Crippen molar-refractivity contribution in [1.29, 1.82) is 0 Å². The summed E-state index contributed by atoms with van der Waals surface area (Å²) in [5, 5.41) is 6.98. The van der Waals surface area contributed by atoms with E-state index in [9.17, 15) is 0 Å². The Kier molecular flexibility index (Phi) is 6.09. The highest BCUT2D eigenvalue weighted by atomic mass is 32.2. The van der Waals surface area contributed by atoms with E-state index in [1.54, 1.807) is 25.1 Å². The van der Waals surface area contributed by atoms with E-state index in [0.717, 1.165) is 41.1 Å². The summed E-state index contributed by atoms with van der Waals surface area (Å²) in [5.74, 6) is 2.18. The van der Waals surface area contributed by atoms with Gasteiger partial charge in [0, 0.05) is 52.9 Å². The molecule has 7 nitrogen and oxygen atoms in total. The second-order valence-corrected chi connectivity index (χ2v) is 7.81. The van der Waals surface area contributed by atoms with Gasteiger partial charge in [-0.15, -0.1) is 11.8 Å². The maximum atomic E-state index is 5.34. The normalized spacial score (nSPS) is 18.4. The summed E-state index contributed by atoms with van der Waals surface area (Å²) in [6.07, 6.45) is 12.5. The Bertz CT molecular complexity index is 935. The molecule has 0 spiro atoms. The molecule has 0 bridgehead atoms. The summed E-state index contributed by atoms with van der Waals surface area (Å²) in [6, 6.07) is 8.68. The van der Waals surface area contributed by atoms with Crippen LogP contribution in [0.1, 0.15) is 19.3 Å². The van der Waals surface area contributed by atoms with Crippen LogP contribution in [0, 0.1) is 0 Å². The van der Waals surface area contributed by atoms with Gasteiger partial charge in [0.15, 0.2) is 0 Å². The molecule has 2 atom stereocenters. The maximum absolute atomic E-state index is 5.34. The van der Waals surface area contributed by atoms with Crippen LogP contribution >= 0.6 is 11.8 Å². The molecule has 0 unspecified atom stereocenters. The summed E-state index contributed by atoms with van der Waals surface area (Å²) >= 11 is 1.64. The minimum Gasteiger partial charge on any atom is -0.481 e. The van der Waals surface area contributed by atoms with E-state index >= 15 is 0 Å². The third-order valence-electron chi connectivity index (χ3n) is 5.02. The van der Waals surface area contributed by atoms with Crippen LogP contribution in [0.2, 0.25) is 0 Å². The molecule has 4 rings (SSSR count). The number of ether oxygens (including phenoxy) is 1. The van der Waals surface area contributed by atoms with Gasteiger partial charge in [-0.25, -0.2) is 19.9 Å². The maximum Gasteiger partial charge on any atom is 0.222 e. The Morgan fingerprint density at radius 1 is 0.966 bits per heavy atom. The average Bonchev–Trinajstić information content (AvgIpc) is 3.21. The zero-order valence-electron chi connectivity index (χ0n) is 16.5. The van der Waals surface area contributed by atoms with Gasteiger partial charge in [-0.3, -0.25) is 0 Å². The van der Waals surface area contributed by atoms with Crippen molar-refractivity contribution in [2.75, 3.05) is 24.0 Å². The van der Waals surface area contributed by atoms with E-state index in [-0.39, 0.29) is 0 Å². The first kappa shape index (κ1) is 19.4. The minimum absolute atomic E-state index is 0.367. The van der Waals surface area contributed by atoms with Crippen molar-refractivity contribution in [2.45, 2.75) is 36.2 Å². The topological polar surface area (TPSA) is 84.9 Å². The van der Waals surface area contributed by atoms with E-state index in [1.165, 1.54) is 0 Å². The molecule has 2 N–H and O–H groups in total. The first-order valence-electron chi connectivity index (χ1n) is 9.59. The fourth-order valence-electron chi connectivity index (χ4n) is 3.54. The lowest BCUT2D eigenvalue weighted by Crippen LogP contribution is -2.22. The van der Waals surface area contributed by atoms with Gasteiger partial charge in [0.25, 0.3) is 0 Å². The van der Waals surface area contributed by atoms with Gasteiger partial charge >= 0.3 is 0 Å². The van der Waals surface area contributed by atoms with Gasteiger partial charge in [0.1, 0.15) is 5.82 Å². The van der Waals surface area contributed by atoms with Crippen LogP contribution in [0.3, 0.4) is 0 Å². The number of hydrogen-bond acceptors (Lipinski definition) is 8. The van der Waals surface area contributed by atoms with E-state index in [0.29, 0.717) is 23.9 Å². The number of aromatic nitrogens is 4. The summed E-state index contributed by atoms with van der Waals surface area (Å²) in [4.78, 5) is 18.7. The van der Waals surface area contributed by atoms with Gasteiger partial charge < -0.3 is 15.4 Å². The number of pyridine rings is 2. The standard InChI is InChI=1S/C21H24N6OS/c1-28-20-18(4-3-9-22-20)14-5-8-19(23-11-14)26-15-6-7-16(10-15)27-21-24-12-17(29-2)13-25-21/h3-5,8-9,11-13,15-16H,6-7,10H2,1-2H3,(H,23,26)(H,24,25,27)/t15-,16-/m0/s1. The quantitative estimate of drug-likeness (QED) is 0.565. The van der Waals surface area contributed by atoms with Crippen molar-refractivity contribution in [2.24, 2.45) is 0 Å². The smallest absolute Gasteiger partial charge is 0.222 e. The van der Waals surface area contributed by atoms with Crippen LogP contribution in [0.5, 0.6) is 5.88 Å². The summed E-state index contributed by atoms with van der Waals surface area (Å²) in [7, 11) is 1.63. The molecule has 0 saturated heterocycles. The SMILES string of the molecule is COc1ncccc1-c1ccc(N[C@H]2CC[C@H](Nc3ncc(SC)cn3)C2)nc1. The molecule has 1 fully saturated rings. The molecule has 0 aromatic carbocycles. The molecule has 0 radical (unpaired) electrons. The number of thioether (sulfide) groups is 1. The first-order valence-corrected chi connectivity index (χ1v) is 10.8. The Morgan fingerprint density at radius 2 is 1.76 bits per heavy atom. The third kappa shape index (κ3) is 4.76. The van der Waals surface area contributed by atoms with Crippen LogP contribution in [0.15, 0.2) is 53.9 Å². The van der Waals surface area contributed by atoms with Crippen LogP contribution in [0.25, 0.3) is 11.1 Å². The zero-order chi connectivity index (χ0) is 20.1. The number of anilines is 2. The number of nitrogens with zero attached hydrogens (tertiary/aromatic N) is 4. The lowest BCUT2D eigenvalue weighted by molar-refractivity contribution is 0.399. The highest BCUT2D eigenvalue weighted by Crippen LogP contribution is 2.29. The van der Waals surface area contributed by atoms with E-state index < -0.39 is 0 Å². The summed E-state index contributed by atoms with van der Waals surface area (Å²) in [6.45, 7) is 0. The van der Waals surface area contributed by atoms with Crippen molar-refractivity contribution < 1.29 is 4.74 Å². The van der Waals surface area contributed by atoms with Crippen LogP contribution in [-0.4, -0.2) is 45.4 Å². The predicted molar refractivity (Wildman–Crippen MR) is 117 cm³/mol. The van der Waals surface area contributed by atoms with E-state index in [2.05, 4.69) is 30.6 Å². The Labute approximate surface area is 174 Å². The van der Waals surface area contributed by atoms with E-state index in [1.807, 2.05) is 49.1 Å².